The van der Waals surface area contributed by atoms with Crippen LogP contribution in [0.4, 0.5) is 34.1 Å². The minimum atomic E-state index is 0.602. The lowest BCUT2D eigenvalue weighted by molar-refractivity contribution is 0.444. The molecular weight excluding hydrogens is 869 g/mol. The highest BCUT2D eigenvalue weighted by Crippen LogP contribution is 2.48. The highest BCUT2D eigenvalue weighted by Gasteiger charge is 2.23. The van der Waals surface area contributed by atoms with Crippen LogP contribution in [0.3, 0.4) is 0 Å². The second-order valence-electron chi connectivity index (χ2n) is 21.7. The van der Waals surface area contributed by atoms with Gasteiger partial charge in [-0.05, 0) is 226 Å². The van der Waals surface area contributed by atoms with Gasteiger partial charge < -0.3 is 9.80 Å². The Morgan fingerprint density at radius 3 is 0.806 bits per heavy atom. The third-order valence-corrected chi connectivity index (χ3v) is 16.8. The molecule has 0 atom stereocenters. The largest absolute Gasteiger partial charge is 0.310 e. The van der Waals surface area contributed by atoms with Gasteiger partial charge in [0.25, 0.3) is 0 Å². The molecule has 0 saturated heterocycles. The Labute approximate surface area is 425 Å². The van der Waals surface area contributed by atoms with Crippen LogP contribution in [0.15, 0.2) is 182 Å². The molecule has 2 nitrogen and oxygen atoms in total. The Hall–Kier alpha value is -7.42. The summed E-state index contributed by atoms with van der Waals surface area (Å²) in [5, 5.41) is 16.0. The van der Waals surface area contributed by atoms with E-state index >= 15 is 0 Å². The van der Waals surface area contributed by atoms with Crippen molar-refractivity contribution in [3.8, 4) is 0 Å². The van der Waals surface area contributed by atoms with Crippen LogP contribution < -0.4 is 9.80 Å². The summed E-state index contributed by atoms with van der Waals surface area (Å²) in [5.74, 6) is 1.20. The number of hydrogen-bond acceptors (Lipinski definition) is 2. The highest BCUT2D eigenvalue weighted by atomic mass is 15.1. The van der Waals surface area contributed by atoms with Gasteiger partial charge in [0.05, 0.1) is 0 Å². The molecule has 11 aromatic rings. The zero-order valence-electron chi connectivity index (χ0n) is 42.4. The first-order chi connectivity index (χ1) is 35.3. The second-order valence-corrected chi connectivity index (χ2v) is 21.7. The summed E-state index contributed by atoms with van der Waals surface area (Å²) in [4.78, 5) is 4.87. The molecule has 2 saturated carbocycles. The molecule has 0 unspecified atom stereocenters. The van der Waals surface area contributed by atoms with Crippen LogP contribution in [0, 0.1) is 27.7 Å². The number of hydrogen-bond donors (Lipinski definition) is 0. The van der Waals surface area contributed by atoms with E-state index in [0.717, 1.165) is 22.7 Å². The van der Waals surface area contributed by atoms with Crippen molar-refractivity contribution >= 4 is 98.8 Å². The van der Waals surface area contributed by atoms with Crippen LogP contribution in [0.2, 0.25) is 0 Å². The molecule has 2 aliphatic carbocycles. The van der Waals surface area contributed by atoms with Gasteiger partial charge in [-0.1, -0.05) is 158 Å². The number of fused-ring (bicyclic) bond motifs is 12. The predicted octanol–water partition coefficient (Wildman–Crippen LogP) is 20.9. The van der Waals surface area contributed by atoms with Gasteiger partial charge in [0.15, 0.2) is 0 Å². The van der Waals surface area contributed by atoms with Gasteiger partial charge in [-0.15, -0.1) is 0 Å². The minimum absolute atomic E-state index is 0.602. The van der Waals surface area contributed by atoms with E-state index in [4.69, 9.17) is 0 Å². The van der Waals surface area contributed by atoms with Crippen LogP contribution in [-0.4, -0.2) is 0 Å². The van der Waals surface area contributed by atoms with E-state index in [1.165, 1.54) is 174 Å². The molecule has 354 valence electrons. The van der Waals surface area contributed by atoms with E-state index in [1.54, 1.807) is 0 Å². The SMILES string of the molecule is Cc1ccc(N(c2ccc(C)cc2)c2ccc3c(c2)c2ccc(C4CCCCC4)cc2c2cc4c5ccc(N(c6ccc(C)cc6)c6ccc(C)cc6)cc5c5ccc(C6CCCCC6)cc5c4cc32)cc1. The average Bonchev–Trinajstić information content (AvgIpc) is 3.43. The molecule has 0 heterocycles. The van der Waals surface area contributed by atoms with Crippen LogP contribution in [0.1, 0.15) is 109 Å². The molecule has 72 heavy (non-hydrogen) atoms. The summed E-state index contributed by atoms with van der Waals surface area (Å²) in [7, 11) is 0. The Balaban J connectivity index is 1.10. The molecule has 13 rings (SSSR count). The zero-order chi connectivity index (χ0) is 48.5. The average molecular weight is 933 g/mol. The molecule has 2 fully saturated rings. The van der Waals surface area contributed by atoms with Crippen LogP contribution in [-0.2, 0) is 0 Å². The molecule has 0 aliphatic heterocycles. The van der Waals surface area contributed by atoms with Crippen molar-refractivity contribution in [2.45, 2.75) is 104 Å². The number of benzene rings is 11. The summed E-state index contributed by atoms with van der Waals surface area (Å²) in [5.41, 5.74) is 15.0. The van der Waals surface area contributed by atoms with E-state index < -0.39 is 0 Å². The number of anilines is 6. The van der Waals surface area contributed by atoms with E-state index in [9.17, 15) is 0 Å². The van der Waals surface area contributed by atoms with Crippen LogP contribution >= 0.6 is 0 Å². The third-order valence-electron chi connectivity index (χ3n) is 16.8. The monoisotopic (exact) mass is 933 g/mol. The van der Waals surface area contributed by atoms with Crippen molar-refractivity contribution in [2.75, 3.05) is 9.80 Å². The molecule has 0 N–H and O–H groups in total. The van der Waals surface area contributed by atoms with Gasteiger partial charge in [0.2, 0.25) is 0 Å². The summed E-state index contributed by atoms with van der Waals surface area (Å²) >= 11 is 0. The lowest BCUT2D eigenvalue weighted by Gasteiger charge is -2.27. The number of aryl methyl sites for hydroxylation is 4. The van der Waals surface area contributed by atoms with Crippen molar-refractivity contribution < 1.29 is 0 Å². The topological polar surface area (TPSA) is 6.48 Å². The van der Waals surface area contributed by atoms with Crippen molar-refractivity contribution in [1.29, 1.82) is 0 Å². The molecule has 11 aromatic carbocycles. The first-order valence-electron chi connectivity index (χ1n) is 26.9. The normalized spacial score (nSPS) is 14.8. The van der Waals surface area contributed by atoms with E-state index in [-0.39, 0.29) is 0 Å². The molecule has 0 spiro atoms. The van der Waals surface area contributed by atoms with Crippen molar-refractivity contribution in [1.82, 2.24) is 0 Å². The van der Waals surface area contributed by atoms with E-state index in [1.807, 2.05) is 0 Å². The fraction of sp³-hybridized carbons (Fsp3) is 0.229. The number of rotatable bonds is 8. The van der Waals surface area contributed by atoms with Gasteiger partial charge in [-0.25, -0.2) is 0 Å². The lowest BCUT2D eigenvalue weighted by Crippen LogP contribution is -2.10. The maximum atomic E-state index is 2.60. The molecule has 0 radical (unpaired) electrons. The Kier molecular flexibility index (Phi) is 11.3. The molecule has 0 amide bonds. The van der Waals surface area contributed by atoms with Crippen LogP contribution in [0.25, 0.3) is 64.6 Å². The smallest absolute Gasteiger partial charge is 0.0468 e. The van der Waals surface area contributed by atoms with Crippen molar-refractivity contribution in [3.05, 3.63) is 215 Å². The first kappa shape index (κ1) is 44.5. The first-order valence-corrected chi connectivity index (χ1v) is 26.9. The molecule has 0 aromatic heterocycles. The Morgan fingerprint density at radius 2 is 0.486 bits per heavy atom. The fourth-order valence-corrected chi connectivity index (χ4v) is 12.8. The molecular formula is C70H64N2. The second kappa shape index (κ2) is 18.3. The summed E-state index contributed by atoms with van der Waals surface area (Å²) in [6.07, 6.45) is 13.1. The lowest BCUT2D eigenvalue weighted by atomic mass is 9.81. The van der Waals surface area contributed by atoms with Gasteiger partial charge >= 0.3 is 0 Å². The summed E-state index contributed by atoms with van der Waals surface area (Å²) < 4.78 is 0. The Morgan fingerprint density at radius 1 is 0.236 bits per heavy atom. The van der Waals surface area contributed by atoms with Gasteiger partial charge in [0.1, 0.15) is 0 Å². The van der Waals surface area contributed by atoms with Gasteiger partial charge in [-0.2, -0.15) is 0 Å². The minimum Gasteiger partial charge on any atom is -0.310 e. The van der Waals surface area contributed by atoms with E-state index in [2.05, 4.69) is 219 Å². The third kappa shape index (κ3) is 7.97. The Bertz CT molecular complexity index is 3490. The van der Waals surface area contributed by atoms with Crippen molar-refractivity contribution in [3.63, 3.8) is 0 Å². The quantitative estimate of drug-likeness (QED) is 0.111. The summed E-state index contributed by atoms with van der Waals surface area (Å²) in [6, 6.07) is 70.8. The molecule has 0 bridgehead atoms. The fourth-order valence-electron chi connectivity index (χ4n) is 12.8. The highest BCUT2D eigenvalue weighted by molar-refractivity contribution is 6.33. The summed E-state index contributed by atoms with van der Waals surface area (Å²) in [6.45, 7) is 8.69. The van der Waals surface area contributed by atoms with Crippen molar-refractivity contribution in [2.24, 2.45) is 0 Å². The maximum Gasteiger partial charge on any atom is 0.0468 e. The maximum absolute atomic E-state index is 2.60. The number of nitrogens with zero attached hydrogens (tertiary/aromatic N) is 2. The zero-order valence-corrected chi connectivity index (χ0v) is 42.4. The standard InChI is InChI=1S/C70H64N2/c1-45-15-25-53(26-16-45)71(54-27-17-46(2)18-28-54)57-33-37-61-65(41-57)59-35-23-51(49-11-7-5-8-12-49)39-63(59)69-44-68-62-38-34-58(72(55-29-19-47(3)20-30-55)56-31-21-48(4)22-32-56)42-66(62)60-36-24-52(50-13-9-6-10-14-50)40-64(60)70(68)43-67(61)69/h15-44,49-50H,5-14H2,1-4H3. The van der Waals surface area contributed by atoms with Crippen LogP contribution in [0.5, 0.6) is 0 Å². The van der Waals surface area contributed by atoms with Gasteiger partial charge in [-0.3, -0.25) is 0 Å². The molecule has 2 aliphatic rings. The van der Waals surface area contributed by atoms with E-state index in [0.29, 0.717) is 11.8 Å². The van der Waals surface area contributed by atoms with Gasteiger partial charge in [0, 0.05) is 34.1 Å². The molecule has 2 heteroatoms. The predicted molar refractivity (Wildman–Crippen MR) is 311 cm³/mol.